The van der Waals surface area contributed by atoms with E-state index >= 15 is 0 Å². The number of aromatic nitrogens is 4. The molecule has 1 fully saturated rings. The van der Waals surface area contributed by atoms with Crippen LogP contribution in [0.25, 0.3) is 5.70 Å². The lowest BCUT2D eigenvalue weighted by molar-refractivity contribution is -0.143. The minimum Gasteiger partial charge on any atom is -0.341 e. The van der Waals surface area contributed by atoms with Gasteiger partial charge in [-0.15, -0.1) is 44.9 Å². The van der Waals surface area contributed by atoms with Gasteiger partial charge in [-0.25, -0.2) is 4.71 Å². The summed E-state index contributed by atoms with van der Waals surface area (Å²) in [6.45, 7) is 0. The third-order valence-corrected chi connectivity index (χ3v) is 6.63. The molecule has 28 heavy (non-hydrogen) atoms. The molecule has 2 aliphatic rings. The van der Waals surface area contributed by atoms with Crippen molar-refractivity contribution >= 4 is 60.2 Å². The average Bonchev–Trinajstić information content (AvgIpc) is 3.35. The van der Waals surface area contributed by atoms with Crippen LogP contribution in [0.2, 0.25) is 0 Å². The van der Waals surface area contributed by atoms with Crippen LogP contribution >= 0.6 is 34.7 Å². The largest absolute Gasteiger partial charge is 0.341 e. The number of hydrogen-bond acceptors (Lipinski definition) is 7. The maximum absolute atomic E-state index is 12.8. The Morgan fingerprint density at radius 3 is 3.04 bits per heavy atom. The predicted molar refractivity (Wildman–Crippen MR) is 109 cm³/mol. The van der Waals surface area contributed by atoms with Crippen LogP contribution in [-0.2, 0) is 16.0 Å². The normalized spacial score (nSPS) is 21.8. The fourth-order valence-corrected chi connectivity index (χ4v) is 5.20. The van der Waals surface area contributed by atoms with Crippen LogP contribution in [-0.4, -0.2) is 67.9 Å². The van der Waals surface area contributed by atoms with E-state index in [2.05, 4.69) is 20.7 Å². The van der Waals surface area contributed by atoms with Crippen molar-refractivity contribution in [2.75, 3.05) is 11.6 Å². The van der Waals surface area contributed by atoms with Crippen LogP contribution in [0, 0.1) is 0 Å². The van der Waals surface area contributed by atoms with Crippen LogP contribution in [0.5, 0.6) is 0 Å². The molecule has 0 aliphatic carbocycles. The zero-order valence-electron chi connectivity index (χ0n) is 14.5. The summed E-state index contributed by atoms with van der Waals surface area (Å²) in [4.78, 5) is 27.7. The highest BCUT2D eigenvalue weighted by Crippen LogP contribution is 2.43. The zero-order valence-corrected chi connectivity index (χ0v) is 16.9. The third kappa shape index (κ3) is 3.61. The lowest BCUT2D eigenvalue weighted by Gasteiger charge is -2.49. The van der Waals surface area contributed by atoms with Gasteiger partial charge in [0.2, 0.25) is 11.7 Å². The summed E-state index contributed by atoms with van der Waals surface area (Å²) in [5.41, 5.74) is 1.40. The van der Waals surface area contributed by atoms with Gasteiger partial charge in [-0.3, -0.25) is 14.5 Å². The minimum atomic E-state index is -0.584. The van der Waals surface area contributed by atoms with Crippen molar-refractivity contribution in [1.82, 2.24) is 30.3 Å². The maximum atomic E-state index is 12.8. The Morgan fingerprint density at radius 2 is 2.36 bits per heavy atom. The van der Waals surface area contributed by atoms with E-state index in [-0.39, 0.29) is 29.4 Å². The minimum absolute atomic E-state index is 0.176. The van der Waals surface area contributed by atoms with Gasteiger partial charge in [0.1, 0.15) is 11.4 Å². The molecule has 0 bridgehead atoms. The van der Waals surface area contributed by atoms with Crippen molar-refractivity contribution in [3.8, 4) is 0 Å². The summed E-state index contributed by atoms with van der Waals surface area (Å²) in [5, 5.41) is 16.2. The van der Waals surface area contributed by atoms with Crippen molar-refractivity contribution in [3.63, 3.8) is 0 Å². The van der Waals surface area contributed by atoms with E-state index in [9.17, 15) is 9.59 Å². The highest BCUT2D eigenvalue weighted by molar-refractivity contribution is 8.00. The van der Waals surface area contributed by atoms with Crippen LogP contribution in [0.15, 0.2) is 35.2 Å². The van der Waals surface area contributed by atoms with Crippen LogP contribution in [0.1, 0.15) is 10.7 Å². The number of β-lactam (4-membered cyclic amide) rings is 1. The molecule has 0 unspecified atom stereocenters. The van der Waals surface area contributed by atoms with Crippen molar-refractivity contribution in [2.45, 2.75) is 17.8 Å². The molecule has 2 aromatic heterocycles. The smallest absolute Gasteiger partial charge is 0.298 e. The second-order valence-electron chi connectivity index (χ2n) is 6.08. The van der Waals surface area contributed by atoms with E-state index in [0.717, 1.165) is 15.2 Å². The van der Waals surface area contributed by atoms with Gasteiger partial charge in [0, 0.05) is 16.5 Å². The number of carbonyl (C=O) groups is 2. The number of carbonyl (C=O) groups excluding carboxylic acids is 2. The fraction of sp³-hybridized carbons (Fsp3) is 0.312. The van der Waals surface area contributed by atoms with Crippen molar-refractivity contribution in [2.24, 2.45) is 0 Å². The summed E-state index contributed by atoms with van der Waals surface area (Å²) in [6, 6.07) is 3.21. The van der Waals surface area contributed by atoms with Crippen molar-refractivity contribution < 1.29 is 9.59 Å². The summed E-state index contributed by atoms with van der Waals surface area (Å²) < 4.78 is 0.854. The number of hydrogen-bond donors (Lipinski definition) is 1. The van der Waals surface area contributed by atoms with Gasteiger partial charge >= 0.3 is 0 Å². The molecule has 2 amide bonds. The lowest BCUT2D eigenvalue weighted by atomic mass is 10.0. The molecular weight excluding hydrogens is 419 g/mol. The highest BCUT2D eigenvalue weighted by Gasteiger charge is 2.53. The van der Waals surface area contributed by atoms with E-state index < -0.39 is 6.04 Å². The number of rotatable bonds is 6. The molecule has 2 radical (unpaired) electrons. The maximum Gasteiger partial charge on any atom is 0.298 e. The number of amides is 2. The Morgan fingerprint density at radius 1 is 1.50 bits per heavy atom. The topological polar surface area (TPSA) is 93.0 Å². The van der Waals surface area contributed by atoms with Crippen molar-refractivity contribution in [3.05, 3.63) is 45.9 Å². The number of alkyl halides is 1. The molecule has 0 aromatic carbocycles. The first-order valence-electron chi connectivity index (χ1n) is 8.36. The van der Waals surface area contributed by atoms with Crippen LogP contribution in [0.4, 0.5) is 0 Å². The average molecular weight is 433 g/mol. The number of nitrogens with zero attached hydrogens (tertiary/aromatic N) is 5. The van der Waals surface area contributed by atoms with Gasteiger partial charge in [-0.1, -0.05) is 23.4 Å². The Kier molecular flexibility index (Phi) is 5.56. The Balaban J connectivity index is 1.55. The van der Waals surface area contributed by atoms with Crippen LogP contribution in [0.3, 0.4) is 0 Å². The van der Waals surface area contributed by atoms with E-state index in [1.165, 1.54) is 11.3 Å². The number of tetrazole rings is 1. The monoisotopic (exact) mass is 432 g/mol. The molecule has 4 rings (SSSR count). The lowest BCUT2D eigenvalue weighted by Crippen LogP contribution is -2.69. The quantitative estimate of drug-likeness (QED) is 0.413. The molecule has 2 aromatic rings. The van der Waals surface area contributed by atoms with Gasteiger partial charge < -0.3 is 5.32 Å². The molecule has 142 valence electrons. The Bertz CT molecular complexity index is 960. The van der Waals surface area contributed by atoms with E-state index in [1.54, 1.807) is 22.7 Å². The standard InChI is InChI=1S/C16H14BClN6O2S2/c17-24-21-14(20-22-24)13-9(3-1-5-18)8-28-16-12(15(26)23(13)16)19-11(25)7-10-4-2-6-27-10/h1-4,6,12,16H,5,7-8H2,(H,19,25)/t12-,16-/m1/s1. The second kappa shape index (κ2) is 8.10. The first kappa shape index (κ1) is 19.2. The molecule has 8 nitrogen and oxygen atoms in total. The van der Waals surface area contributed by atoms with Gasteiger partial charge in [-0.05, 0) is 17.0 Å². The highest BCUT2D eigenvalue weighted by atomic mass is 35.5. The molecule has 2 aliphatic heterocycles. The SMILES string of the molecule is [B]n1nnc(C2=C(C=CCCl)CS[C@@H]3[C@H](NC(=O)Cc4cccs4)C(=O)N23)n1. The molecule has 12 heteroatoms. The zero-order chi connectivity index (χ0) is 19.7. The van der Waals surface area contributed by atoms with E-state index in [0.29, 0.717) is 17.3 Å². The van der Waals surface area contributed by atoms with Gasteiger partial charge in [0.15, 0.2) is 0 Å². The Labute approximate surface area is 175 Å². The molecule has 0 saturated carbocycles. The van der Waals surface area contributed by atoms with Crippen LogP contribution < -0.4 is 5.32 Å². The third-order valence-electron chi connectivity index (χ3n) is 4.28. The van der Waals surface area contributed by atoms with Gasteiger partial charge in [-0.2, -0.15) is 0 Å². The van der Waals surface area contributed by atoms with E-state index in [1.807, 2.05) is 23.6 Å². The molecular formula is C16H14BClN6O2S2. The fourth-order valence-electron chi connectivity index (χ4n) is 3.08. The Hall–Kier alpha value is -2.11. The number of thiophene rings is 1. The molecule has 4 heterocycles. The predicted octanol–water partition coefficient (Wildman–Crippen LogP) is 0.815. The summed E-state index contributed by atoms with van der Waals surface area (Å²) in [6.07, 6.45) is 3.89. The van der Waals surface area contributed by atoms with E-state index in [4.69, 9.17) is 19.6 Å². The molecule has 1 N–H and O–H groups in total. The summed E-state index contributed by atoms with van der Waals surface area (Å²) >= 11 is 8.83. The molecule has 0 spiro atoms. The summed E-state index contributed by atoms with van der Waals surface area (Å²) in [7, 11) is 5.53. The number of thioether (sulfide) groups is 1. The second-order valence-corrected chi connectivity index (χ2v) is 8.52. The first-order valence-corrected chi connectivity index (χ1v) is 10.8. The number of nitrogens with one attached hydrogen (secondary N) is 1. The first-order chi connectivity index (χ1) is 13.6. The summed E-state index contributed by atoms with van der Waals surface area (Å²) in [5.74, 6) is 0.839. The number of allylic oxidation sites excluding steroid dienone is 2. The van der Waals surface area contributed by atoms with Gasteiger partial charge in [0.25, 0.3) is 13.9 Å². The number of fused-ring (bicyclic) bond motifs is 1. The van der Waals surface area contributed by atoms with Gasteiger partial charge in [0.05, 0.1) is 12.1 Å². The number of halogens is 1. The molecule has 1 saturated heterocycles. The molecule has 2 atom stereocenters. The van der Waals surface area contributed by atoms with Crippen molar-refractivity contribution in [1.29, 1.82) is 0 Å².